The first-order chi connectivity index (χ1) is 7.37. The zero-order valence-electron chi connectivity index (χ0n) is 9.87. The highest BCUT2D eigenvalue weighted by molar-refractivity contribution is 5.89. The molecule has 0 spiro atoms. The number of aryl methyl sites for hydroxylation is 1. The Hall–Kier alpha value is -1.55. The first-order valence-electron chi connectivity index (χ1n) is 5.21. The average Bonchev–Trinajstić information content (AvgIpc) is 2.14. The Bertz CT molecular complexity index is 370. The van der Waals surface area contributed by atoms with Crippen molar-refractivity contribution in [2.24, 2.45) is 0 Å². The molecule has 0 fully saturated rings. The van der Waals surface area contributed by atoms with Crippen molar-refractivity contribution in [2.45, 2.75) is 26.4 Å². The molecule has 88 valence electrons. The average molecular weight is 222 g/mol. The number of anilines is 1. The van der Waals surface area contributed by atoms with E-state index in [1.165, 1.54) is 0 Å². The number of benzene rings is 1. The van der Waals surface area contributed by atoms with Gasteiger partial charge in [0.2, 0.25) is 0 Å². The van der Waals surface area contributed by atoms with Crippen LogP contribution in [0.15, 0.2) is 24.3 Å². The largest absolute Gasteiger partial charge is 0.389 e. The van der Waals surface area contributed by atoms with Crippen LogP contribution in [0.25, 0.3) is 0 Å². The van der Waals surface area contributed by atoms with E-state index < -0.39 is 5.60 Å². The fraction of sp³-hybridized carbons (Fsp3) is 0.417. The predicted molar refractivity (Wildman–Crippen MR) is 64.5 cm³/mol. The highest BCUT2D eigenvalue weighted by Gasteiger charge is 2.13. The quantitative estimate of drug-likeness (QED) is 0.731. The Labute approximate surface area is 95.7 Å². The normalized spacial score (nSPS) is 11.0. The second kappa shape index (κ2) is 4.99. The van der Waals surface area contributed by atoms with Gasteiger partial charge in [-0.25, -0.2) is 4.79 Å². The van der Waals surface area contributed by atoms with Gasteiger partial charge in [0.25, 0.3) is 0 Å². The third kappa shape index (κ3) is 4.79. The molecule has 1 rings (SSSR count). The summed E-state index contributed by atoms with van der Waals surface area (Å²) < 4.78 is 0. The maximum absolute atomic E-state index is 11.4. The van der Waals surface area contributed by atoms with Gasteiger partial charge in [0.15, 0.2) is 0 Å². The fourth-order valence-corrected chi connectivity index (χ4v) is 1.19. The standard InChI is InChI=1S/C12H18N2O2/c1-9-5-4-6-10(7-9)14-11(15)13-8-12(2,3)16/h4-7,16H,8H2,1-3H3,(H2,13,14,15). The van der Waals surface area contributed by atoms with Gasteiger partial charge in [-0.05, 0) is 38.5 Å². The van der Waals surface area contributed by atoms with E-state index in [0.717, 1.165) is 11.3 Å². The summed E-state index contributed by atoms with van der Waals surface area (Å²) in [6, 6.07) is 7.22. The lowest BCUT2D eigenvalue weighted by Gasteiger charge is -2.17. The van der Waals surface area contributed by atoms with E-state index >= 15 is 0 Å². The van der Waals surface area contributed by atoms with Gasteiger partial charge in [-0.15, -0.1) is 0 Å². The van der Waals surface area contributed by atoms with E-state index in [0.29, 0.717) is 0 Å². The Morgan fingerprint density at radius 1 is 1.44 bits per heavy atom. The van der Waals surface area contributed by atoms with Gasteiger partial charge >= 0.3 is 6.03 Å². The van der Waals surface area contributed by atoms with Gasteiger partial charge < -0.3 is 15.7 Å². The van der Waals surface area contributed by atoms with Crippen molar-refractivity contribution in [3.63, 3.8) is 0 Å². The third-order valence-electron chi connectivity index (χ3n) is 1.96. The molecule has 0 heterocycles. The summed E-state index contributed by atoms with van der Waals surface area (Å²) in [6.45, 7) is 5.45. The number of amides is 2. The highest BCUT2D eigenvalue weighted by atomic mass is 16.3. The van der Waals surface area contributed by atoms with Crippen LogP contribution in [0.2, 0.25) is 0 Å². The summed E-state index contributed by atoms with van der Waals surface area (Å²) in [4.78, 5) is 11.4. The molecule has 0 bridgehead atoms. The van der Waals surface area contributed by atoms with Crippen molar-refractivity contribution in [2.75, 3.05) is 11.9 Å². The van der Waals surface area contributed by atoms with E-state index in [1.54, 1.807) is 13.8 Å². The minimum atomic E-state index is -0.899. The molecule has 4 nitrogen and oxygen atoms in total. The molecule has 0 unspecified atom stereocenters. The first kappa shape index (κ1) is 12.5. The molecule has 16 heavy (non-hydrogen) atoms. The van der Waals surface area contributed by atoms with Gasteiger partial charge in [0, 0.05) is 12.2 Å². The first-order valence-corrected chi connectivity index (χ1v) is 5.21. The lowest BCUT2D eigenvalue weighted by Crippen LogP contribution is -2.40. The minimum absolute atomic E-state index is 0.213. The van der Waals surface area contributed by atoms with E-state index in [-0.39, 0.29) is 12.6 Å². The van der Waals surface area contributed by atoms with Gasteiger partial charge in [-0.1, -0.05) is 12.1 Å². The van der Waals surface area contributed by atoms with Gasteiger partial charge in [0.1, 0.15) is 0 Å². The van der Waals surface area contributed by atoms with Crippen LogP contribution in [0, 0.1) is 6.92 Å². The smallest absolute Gasteiger partial charge is 0.319 e. The van der Waals surface area contributed by atoms with Crippen LogP contribution in [-0.4, -0.2) is 23.3 Å². The molecule has 0 radical (unpaired) electrons. The van der Waals surface area contributed by atoms with Crippen LogP contribution in [0.4, 0.5) is 10.5 Å². The summed E-state index contributed by atoms with van der Waals surface area (Å²) in [7, 11) is 0. The van der Waals surface area contributed by atoms with Crippen molar-refractivity contribution in [3.8, 4) is 0 Å². The number of carbonyl (C=O) groups excluding carboxylic acids is 1. The van der Waals surface area contributed by atoms with E-state index in [9.17, 15) is 9.90 Å². The molecule has 0 atom stereocenters. The summed E-state index contributed by atoms with van der Waals surface area (Å²) in [5.74, 6) is 0. The van der Waals surface area contributed by atoms with E-state index in [2.05, 4.69) is 10.6 Å². The molecule has 0 saturated carbocycles. The van der Waals surface area contributed by atoms with Crippen LogP contribution in [0.3, 0.4) is 0 Å². The maximum atomic E-state index is 11.4. The number of hydrogen-bond donors (Lipinski definition) is 3. The zero-order chi connectivity index (χ0) is 12.2. The number of aliphatic hydroxyl groups is 1. The molecule has 2 amide bonds. The molecular formula is C12H18N2O2. The van der Waals surface area contributed by atoms with Crippen LogP contribution < -0.4 is 10.6 Å². The zero-order valence-corrected chi connectivity index (χ0v) is 9.87. The third-order valence-corrected chi connectivity index (χ3v) is 1.96. The van der Waals surface area contributed by atoms with Gasteiger partial charge in [0.05, 0.1) is 5.60 Å². The van der Waals surface area contributed by atoms with Crippen molar-refractivity contribution < 1.29 is 9.90 Å². The molecule has 3 N–H and O–H groups in total. The Kier molecular flexibility index (Phi) is 3.90. The monoisotopic (exact) mass is 222 g/mol. The molecular weight excluding hydrogens is 204 g/mol. The lowest BCUT2D eigenvalue weighted by atomic mass is 10.1. The number of urea groups is 1. The number of rotatable bonds is 3. The van der Waals surface area contributed by atoms with E-state index in [1.807, 2.05) is 31.2 Å². The lowest BCUT2D eigenvalue weighted by molar-refractivity contribution is 0.0826. The fourth-order valence-electron chi connectivity index (χ4n) is 1.19. The van der Waals surface area contributed by atoms with Gasteiger partial charge in [-0.2, -0.15) is 0 Å². The van der Waals surface area contributed by atoms with Crippen LogP contribution in [0.1, 0.15) is 19.4 Å². The summed E-state index contributed by atoms with van der Waals surface area (Å²) in [5, 5.41) is 14.7. The topological polar surface area (TPSA) is 61.4 Å². The van der Waals surface area contributed by atoms with Crippen LogP contribution in [-0.2, 0) is 0 Å². The molecule has 0 aliphatic rings. The predicted octanol–water partition coefficient (Wildman–Crippen LogP) is 1.89. The Morgan fingerprint density at radius 2 is 2.12 bits per heavy atom. The second-order valence-corrected chi connectivity index (χ2v) is 4.49. The molecule has 4 heteroatoms. The van der Waals surface area contributed by atoms with Crippen molar-refractivity contribution >= 4 is 11.7 Å². The van der Waals surface area contributed by atoms with Gasteiger partial charge in [-0.3, -0.25) is 0 Å². The highest BCUT2D eigenvalue weighted by Crippen LogP contribution is 2.09. The van der Waals surface area contributed by atoms with E-state index in [4.69, 9.17) is 0 Å². The van der Waals surface area contributed by atoms with Crippen LogP contribution >= 0.6 is 0 Å². The minimum Gasteiger partial charge on any atom is -0.389 e. The second-order valence-electron chi connectivity index (χ2n) is 4.49. The van der Waals surface area contributed by atoms with Crippen molar-refractivity contribution in [1.29, 1.82) is 0 Å². The van der Waals surface area contributed by atoms with Crippen LogP contribution in [0.5, 0.6) is 0 Å². The number of nitrogens with one attached hydrogen (secondary N) is 2. The van der Waals surface area contributed by atoms with Crippen molar-refractivity contribution in [1.82, 2.24) is 5.32 Å². The molecule has 0 saturated heterocycles. The summed E-state index contributed by atoms with van der Waals surface area (Å²) in [5.41, 5.74) is 0.928. The van der Waals surface area contributed by atoms with Crippen molar-refractivity contribution in [3.05, 3.63) is 29.8 Å². The SMILES string of the molecule is Cc1cccc(NC(=O)NCC(C)(C)O)c1. The molecule has 1 aromatic carbocycles. The Morgan fingerprint density at radius 3 is 2.69 bits per heavy atom. The molecule has 0 aliphatic heterocycles. The Balaban J connectivity index is 2.46. The summed E-state index contributed by atoms with van der Waals surface area (Å²) >= 11 is 0. The summed E-state index contributed by atoms with van der Waals surface area (Å²) in [6.07, 6.45) is 0. The maximum Gasteiger partial charge on any atom is 0.319 e. The number of hydrogen-bond acceptors (Lipinski definition) is 2. The number of carbonyl (C=O) groups is 1. The molecule has 0 aliphatic carbocycles. The molecule has 1 aromatic rings. The molecule has 0 aromatic heterocycles.